The molecule has 68 valence electrons. The van der Waals surface area contributed by atoms with E-state index >= 15 is 0 Å². The van der Waals surface area contributed by atoms with Gasteiger partial charge in [0, 0.05) is 0 Å². The number of aldehydes is 1. The van der Waals surface area contributed by atoms with Crippen molar-refractivity contribution in [3.05, 3.63) is 33.4 Å². The van der Waals surface area contributed by atoms with Gasteiger partial charge in [0.05, 0.1) is 16.1 Å². The fourth-order valence-electron chi connectivity index (χ4n) is 1.05. The summed E-state index contributed by atoms with van der Waals surface area (Å²) in [5.41, 5.74) is -0.259. The van der Waals surface area contributed by atoms with E-state index in [4.69, 9.17) is 5.11 Å². The summed E-state index contributed by atoms with van der Waals surface area (Å²) in [6.07, 6.45) is 0.393. The fraction of sp³-hybridized carbons (Fsp3) is 0.125. The molecule has 0 aliphatic rings. The Bertz CT molecular complexity index is 373. The van der Waals surface area contributed by atoms with Gasteiger partial charge in [-0.1, -0.05) is 0 Å². The third-order valence-corrected chi connectivity index (χ3v) is 1.74. The van der Waals surface area contributed by atoms with Crippen molar-refractivity contribution >= 4 is 12.0 Å². The van der Waals surface area contributed by atoms with E-state index in [1.807, 2.05) is 0 Å². The maximum atomic E-state index is 10.5. The maximum Gasteiger partial charge on any atom is 0.286 e. The van der Waals surface area contributed by atoms with Gasteiger partial charge in [-0.25, -0.2) is 0 Å². The third kappa shape index (κ3) is 1.48. The summed E-state index contributed by atoms with van der Waals surface area (Å²) < 4.78 is 0. The summed E-state index contributed by atoms with van der Waals surface area (Å²) in [5.74, 6) is -0.183. The standard InChI is InChI=1S/C8H7NO4/c1-5-7(11)3-2-6(4-10)8(5)9(12)13/h2-4,11H,1H3. The van der Waals surface area contributed by atoms with Crippen molar-refractivity contribution in [3.8, 4) is 5.75 Å². The molecule has 5 nitrogen and oxygen atoms in total. The van der Waals surface area contributed by atoms with Gasteiger partial charge in [-0.3, -0.25) is 14.9 Å². The zero-order valence-electron chi connectivity index (χ0n) is 6.85. The monoisotopic (exact) mass is 181 g/mol. The average molecular weight is 181 g/mol. The van der Waals surface area contributed by atoms with Crippen molar-refractivity contribution < 1.29 is 14.8 Å². The van der Waals surface area contributed by atoms with Crippen LogP contribution in [0.25, 0.3) is 0 Å². The highest BCUT2D eigenvalue weighted by molar-refractivity contribution is 5.83. The number of aromatic hydroxyl groups is 1. The Hall–Kier alpha value is -1.91. The number of hydrogen-bond acceptors (Lipinski definition) is 4. The van der Waals surface area contributed by atoms with Gasteiger partial charge >= 0.3 is 0 Å². The molecule has 13 heavy (non-hydrogen) atoms. The lowest BCUT2D eigenvalue weighted by Crippen LogP contribution is -1.97. The molecule has 0 saturated heterocycles. The second kappa shape index (κ2) is 3.22. The van der Waals surface area contributed by atoms with E-state index in [2.05, 4.69) is 0 Å². The highest BCUT2D eigenvalue weighted by Gasteiger charge is 2.19. The number of carbonyl (C=O) groups is 1. The van der Waals surface area contributed by atoms with E-state index in [-0.39, 0.29) is 22.6 Å². The van der Waals surface area contributed by atoms with Crippen LogP contribution in [0.3, 0.4) is 0 Å². The molecule has 0 fully saturated rings. The van der Waals surface area contributed by atoms with Gasteiger partial charge < -0.3 is 5.11 Å². The van der Waals surface area contributed by atoms with Crippen LogP contribution in [-0.2, 0) is 0 Å². The van der Waals surface area contributed by atoms with Gasteiger partial charge in [0.1, 0.15) is 5.75 Å². The molecular weight excluding hydrogens is 174 g/mol. The molecule has 1 rings (SSSR count). The third-order valence-electron chi connectivity index (χ3n) is 1.74. The van der Waals surface area contributed by atoms with Crippen LogP contribution in [-0.4, -0.2) is 16.3 Å². The van der Waals surface area contributed by atoms with Crippen molar-refractivity contribution in [2.45, 2.75) is 6.92 Å². The number of carbonyl (C=O) groups excluding carboxylic acids is 1. The first-order valence-electron chi connectivity index (χ1n) is 3.50. The molecule has 0 aromatic heterocycles. The Balaban J connectivity index is 3.50. The average Bonchev–Trinajstić information content (AvgIpc) is 2.08. The topological polar surface area (TPSA) is 80.4 Å². The SMILES string of the molecule is Cc1c(O)ccc(C=O)c1[N+](=O)[O-]. The van der Waals surface area contributed by atoms with Crippen LogP contribution in [0.4, 0.5) is 5.69 Å². The lowest BCUT2D eigenvalue weighted by molar-refractivity contribution is -0.385. The molecule has 1 N–H and O–H groups in total. The molecule has 0 atom stereocenters. The van der Waals surface area contributed by atoms with E-state index in [0.29, 0.717) is 6.29 Å². The molecule has 0 aliphatic carbocycles. The number of benzene rings is 1. The first-order valence-corrected chi connectivity index (χ1v) is 3.50. The van der Waals surface area contributed by atoms with Crippen LogP contribution >= 0.6 is 0 Å². The maximum absolute atomic E-state index is 10.5. The molecule has 0 bridgehead atoms. The van der Waals surface area contributed by atoms with Crippen LogP contribution in [0.5, 0.6) is 5.75 Å². The van der Waals surface area contributed by atoms with Gasteiger partial charge in [-0.2, -0.15) is 0 Å². The summed E-state index contributed by atoms with van der Waals surface area (Å²) >= 11 is 0. The number of nitro groups is 1. The van der Waals surface area contributed by atoms with Crippen LogP contribution in [0.2, 0.25) is 0 Å². The predicted octanol–water partition coefficient (Wildman–Crippen LogP) is 1.42. The van der Waals surface area contributed by atoms with E-state index in [9.17, 15) is 14.9 Å². The molecule has 0 spiro atoms. The number of phenols is 1. The minimum absolute atomic E-state index is 0.0275. The van der Waals surface area contributed by atoms with Gasteiger partial charge in [0.25, 0.3) is 5.69 Å². The van der Waals surface area contributed by atoms with E-state index in [1.165, 1.54) is 19.1 Å². The van der Waals surface area contributed by atoms with Crippen molar-refractivity contribution in [3.63, 3.8) is 0 Å². The van der Waals surface area contributed by atoms with E-state index in [1.54, 1.807) is 0 Å². The smallest absolute Gasteiger partial charge is 0.286 e. The first-order chi connectivity index (χ1) is 6.07. The van der Waals surface area contributed by atoms with Crippen LogP contribution in [0, 0.1) is 17.0 Å². The quantitative estimate of drug-likeness (QED) is 0.425. The van der Waals surface area contributed by atoms with E-state index < -0.39 is 4.92 Å². The normalized spacial score (nSPS) is 9.62. The molecule has 0 radical (unpaired) electrons. The van der Waals surface area contributed by atoms with Crippen LogP contribution in [0.1, 0.15) is 15.9 Å². The molecule has 1 aromatic rings. The highest BCUT2D eigenvalue weighted by atomic mass is 16.6. The Labute approximate surface area is 73.8 Å². The number of nitrogens with zero attached hydrogens (tertiary/aromatic N) is 1. The van der Waals surface area contributed by atoms with Crippen LogP contribution < -0.4 is 0 Å². The molecular formula is C8H7NO4. The lowest BCUT2D eigenvalue weighted by atomic mass is 10.1. The first kappa shape index (κ1) is 9.18. The molecule has 0 aliphatic heterocycles. The minimum Gasteiger partial charge on any atom is -0.507 e. The van der Waals surface area contributed by atoms with Crippen molar-refractivity contribution in [2.75, 3.05) is 0 Å². The lowest BCUT2D eigenvalue weighted by Gasteiger charge is -2.01. The molecule has 5 heteroatoms. The van der Waals surface area contributed by atoms with Crippen LogP contribution in [0.15, 0.2) is 12.1 Å². The molecule has 0 saturated carbocycles. The van der Waals surface area contributed by atoms with Crippen molar-refractivity contribution in [1.82, 2.24) is 0 Å². The summed E-state index contributed by atoms with van der Waals surface area (Å²) in [7, 11) is 0. The molecule has 0 heterocycles. The van der Waals surface area contributed by atoms with Gasteiger partial charge in [0.15, 0.2) is 6.29 Å². The zero-order chi connectivity index (χ0) is 10.0. The van der Waals surface area contributed by atoms with Gasteiger partial charge in [-0.05, 0) is 19.1 Å². The fourth-order valence-corrected chi connectivity index (χ4v) is 1.05. The van der Waals surface area contributed by atoms with Gasteiger partial charge in [0.2, 0.25) is 0 Å². The number of phenolic OH excluding ortho intramolecular Hbond substituents is 1. The van der Waals surface area contributed by atoms with Crippen molar-refractivity contribution in [1.29, 1.82) is 0 Å². The minimum atomic E-state index is -0.682. The summed E-state index contributed by atoms with van der Waals surface area (Å²) in [6.45, 7) is 1.39. The Morgan fingerprint density at radius 3 is 2.62 bits per heavy atom. The second-order valence-electron chi connectivity index (χ2n) is 2.52. The van der Waals surface area contributed by atoms with E-state index in [0.717, 1.165) is 0 Å². The molecule has 0 unspecified atom stereocenters. The Morgan fingerprint density at radius 2 is 2.15 bits per heavy atom. The zero-order valence-corrected chi connectivity index (χ0v) is 6.85. The second-order valence-corrected chi connectivity index (χ2v) is 2.52. The Morgan fingerprint density at radius 1 is 1.54 bits per heavy atom. The molecule has 0 amide bonds. The summed E-state index contributed by atoms with van der Waals surface area (Å²) in [5, 5.41) is 19.6. The number of nitro benzene ring substituents is 1. The predicted molar refractivity (Wildman–Crippen MR) is 44.9 cm³/mol. The van der Waals surface area contributed by atoms with Crippen molar-refractivity contribution in [2.24, 2.45) is 0 Å². The number of hydrogen-bond donors (Lipinski definition) is 1. The highest BCUT2D eigenvalue weighted by Crippen LogP contribution is 2.28. The van der Waals surface area contributed by atoms with Gasteiger partial charge in [-0.15, -0.1) is 0 Å². The summed E-state index contributed by atoms with van der Waals surface area (Å²) in [4.78, 5) is 20.2. The Kier molecular flexibility index (Phi) is 2.27. The number of rotatable bonds is 2. The summed E-state index contributed by atoms with van der Waals surface area (Å²) in [6, 6.07) is 2.47. The molecule has 1 aromatic carbocycles. The largest absolute Gasteiger partial charge is 0.507 e.